The monoisotopic (exact) mass is 296 g/mol. The Balaban J connectivity index is 2.28. The highest BCUT2D eigenvalue weighted by Crippen LogP contribution is 2.25. The summed E-state index contributed by atoms with van der Waals surface area (Å²) in [6.07, 6.45) is 1.33. The number of aromatic nitrogens is 1. The molecule has 0 aliphatic carbocycles. The van der Waals surface area contributed by atoms with Gasteiger partial charge in [-0.25, -0.2) is 4.98 Å². The second-order valence-corrected chi connectivity index (χ2v) is 4.44. The average Bonchev–Trinajstić information content (AvgIpc) is 2.42. The van der Waals surface area contributed by atoms with Gasteiger partial charge < -0.3 is 10.1 Å². The van der Waals surface area contributed by atoms with E-state index >= 15 is 0 Å². The lowest BCUT2D eigenvalue weighted by Crippen LogP contribution is -2.13. The van der Waals surface area contributed by atoms with E-state index in [4.69, 9.17) is 27.9 Å². The van der Waals surface area contributed by atoms with Crippen LogP contribution >= 0.6 is 23.2 Å². The summed E-state index contributed by atoms with van der Waals surface area (Å²) in [4.78, 5) is 15.9. The molecule has 98 valence electrons. The number of anilines is 1. The summed E-state index contributed by atoms with van der Waals surface area (Å²) in [5.41, 5.74) is 0.812. The molecule has 6 heteroatoms. The zero-order valence-corrected chi connectivity index (χ0v) is 11.5. The summed E-state index contributed by atoms with van der Waals surface area (Å²) < 4.78 is 5.15. The Morgan fingerprint density at radius 1 is 1.32 bits per heavy atom. The van der Waals surface area contributed by atoms with Gasteiger partial charge in [0.1, 0.15) is 10.9 Å². The van der Waals surface area contributed by atoms with Crippen LogP contribution in [-0.2, 0) is 0 Å². The number of hydrogen-bond donors (Lipinski definition) is 1. The van der Waals surface area contributed by atoms with E-state index in [2.05, 4.69) is 10.3 Å². The van der Waals surface area contributed by atoms with Gasteiger partial charge in [-0.05, 0) is 18.2 Å². The summed E-state index contributed by atoms with van der Waals surface area (Å²) in [5.74, 6) is 0.186. The molecule has 1 amide bonds. The van der Waals surface area contributed by atoms with Gasteiger partial charge in [0, 0.05) is 6.20 Å². The number of methoxy groups -OCH3 is 1. The number of carbonyl (C=O) groups is 1. The molecule has 1 N–H and O–H groups in total. The van der Waals surface area contributed by atoms with Crippen LogP contribution in [-0.4, -0.2) is 18.0 Å². The second kappa shape index (κ2) is 5.91. The van der Waals surface area contributed by atoms with E-state index in [1.165, 1.54) is 19.4 Å². The number of hydrogen-bond acceptors (Lipinski definition) is 3. The maximum Gasteiger partial charge on any atom is 0.257 e. The van der Waals surface area contributed by atoms with Crippen molar-refractivity contribution in [1.29, 1.82) is 0 Å². The maximum atomic E-state index is 12.1. The molecular formula is C13H10Cl2N2O2. The van der Waals surface area contributed by atoms with Crippen molar-refractivity contribution in [1.82, 2.24) is 4.98 Å². The first kappa shape index (κ1) is 13.6. The van der Waals surface area contributed by atoms with Crippen molar-refractivity contribution in [2.45, 2.75) is 0 Å². The largest absolute Gasteiger partial charge is 0.495 e. The summed E-state index contributed by atoms with van der Waals surface area (Å²) in [5, 5.41) is 3.15. The number of benzene rings is 1. The highest BCUT2D eigenvalue weighted by atomic mass is 35.5. The van der Waals surface area contributed by atoms with E-state index in [0.717, 1.165) is 0 Å². The Kier molecular flexibility index (Phi) is 4.24. The molecule has 2 rings (SSSR count). The lowest BCUT2D eigenvalue weighted by Gasteiger charge is -2.10. The van der Waals surface area contributed by atoms with Gasteiger partial charge in [-0.2, -0.15) is 0 Å². The van der Waals surface area contributed by atoms with Gasteiger partial charge in [0.2, 0.25) is 0 Å². The van der Waals surface area contributed by atoms with Crippen molar-refractivity contribution in [3.63, 3.8) is 0 Å². The van der Waals surface area contributed by atoms with Crippen LogP contribution < -0.4 is 10.1 Å². The van der Waals surface area contributed by atoms with Gasteiger partial charge in [0.25, 0.3) is 5.91 Å². The fourth-order valence-electron chi connectivity index (χ4n) is 1.52. The summed E-state index contributed by atoms with van der Waals surface area (Å²) in [6, 6.07) is 8.49. The molecule has 0 bridgehead atoms. The van der Waals surface area contributed by atoms with Crippen molar-refractivity contribution in [2.24, 2.45) is 0 Å². The van der Waals surface area contributed by atoms with Crippen LogP contribution in [0.1, 0.15) is 10.4 Å². The van der Waals surface area contributed by atoms with Crippen molar-refractivity contribution >= 4 is 34.8 Å². The van der Waals surface area contributed by atoms with Crippen LogP contribution in [0.15, 0.2) is 36.5 Å². The predicted octanol–water partition coefficient (Wildman–Crippen LogP) is 3.65. The Morgan fingerprint density at radius 2 is 2.05 bits per heavy atom. The number of nitrogens with zero attached hydrogens (tertiary/aromatic N) is 1. The third-order valence-corrected chi connectivity index (χ3v) is 2.93. The van der Waals surface area contributed by atoms with E-state index in [1.807, 2.05) is 6.07 Å². The number of nitrogens with one attached hydrogen (secondary N) is 1. The van der Waals surface area contributed by atoms with Crippen molar-refractivity contribution in [3.8, 4) is 5.75 Å². The topological polar surface area (TPSA) is 51.2 Å². The fourth-order valence-corrected chi connectivity index (χ4v) is 1.87. The van der Waals surface area contributed by atoms with E-state index in [1.54, 1.807) is 18.2 Å². The molecule has 0 saturated carbocycles. The molecule has 2 aromatic rings. The minimum Gasteiger partial charge on any atom is -0.495 e. The zero-order chi connectivity index (χ0) is 13.8. The Hall–Kier alpha value is -1.78. The molecule has 0 aliphatic rings. The zero-order valence-electron chi connectivity index (χ0n) is 9.98. The number of pyridine rings is 1. The van der Waals surface area contributed by atoms with Gasteiger partial charge in [-0.15, -0.1) is 0 Å². The SMILES string of the molecule is COc1ccccc1NC(=O)c1cc(Cl)ncc1Cl. The highest BCUT2D eigenvalue weighted by molar-refractivity contribution is 6.35. The molecule has 4 nitrogen and oxygen atoms in total. The highest BCUT2D eigenvalue weighted by Gasteiger charge is 2.13. The van der Waals surface area contributed by atoms with Crippen LogP contribution in [0.5, 0.6) is 5.75 Å². The number of amides is 1. The standard InChI is InChI=1S/C13H10Cl2N2O2/c1-19-11-5-3-2-4-10(11)17-13(18)8-6-12(15)16-7-9(8)14/h2-7H,1H3,(H,17,18). The third-order valence-electron chi connectivity index (χ3n) is 2.42. The van der Waals surface area contributed by atoms with Crippen molar-refractivity contribution in [2.75, 3.05) is 12.4 Å². The molecule has 1 aromatic carbocycles. The molecule has 0 radical (unpaired) electrons. The first-order chi connectivity index (χ1) is 9.11. The van der Waals surface area contributed by atoms with Crippen LogP contribution in [0.25, 0.3) is 0 Å². The van der Waals surface area contributed by atoms with E-state index in [-0.39, 0.29) is 21.6 Å². The summed E-state index contributed by atoms with van der Waals surface area (Å²) in [7, 11) is 1.53. The van der Waals surface area contributed by atoms with Gasteiger partial charge in [-0.1, -0.05) is 35.3 Å². The minimum absolute atomic E-state index is 0.203. The first-order valence-electron chi connectivity index (χ1n) is 5.37. The van der Waals surface area contributed by atoms with Crippen molar-refractivity contribution in [3.05, 3.63) is 52.3 Å². The van der Waals surface area contributed by atoms with Crippen LogP contribution in [0.2, 0.25) is 10.2 Å². The molecular weight excluding hydrogens is 287 g/mol. The number of rotatable bonds is 3. The van der Waals surface area contributed by atoms with E-state index in [0.29, 0.717) is 11.4 Å². The second-order valence-electron chi connectivity index (χ2n) is 3.64. The smallest absolute Gasteiger partial charge is 0.257 e. The van der Waals surface area contributed by atoms with Crippen LogP contribution in [0.3, 0.4) is 0 Å². The molecule has 1 aromatic heterocycles. The van der Waals surface area contributed by atoms with Crippen molar-refractivity contribution < 1.29 is 9.53 Å². The Bertz CT molecular complexity index is 617. The van der Waals surface area contributed by atoms with Gasteiger partial charge in [-0.3, -0.25) is 4.79 Å². The van der Waals surface area contributed by atoms with Gasteiger partial charge in [0.05, 0.1) is 23.4 Å². The Labute approximate surface area is 120 Å². The lowest BCUT2D eigenvalue weighted by atomic mass is 10.2. The molecule has 1 heterocycles. The van der Waals surface area contributed by atoms with Crippen LogP contribution in [0, 0.1) is 0 Å². The number of ether oxygens (including phenoxy) is 1. The first-order valence-corrected chi connectivity index (χ1v) is 6.13. The molecule has 0 unspecified atom stereocenters. The van der Waals surface area contributed by atoms with Crippen LogP contribution in [0.4, 0.5) is 5.69 Å². The van der Waals surface area contributed by atoms with Gasteiger partial charge in [0.15, 0.2) is 0 Å². The normalized spacial score (nSPS) is 10.1. The maximum absolute atomic E-state index is 12.1. The quantitative estimate of drug-likeness (QED) is 0.880. The molecule has 0 aliphatic heterocycles. The fraction of sp³-hybridized carbons (Fsp3) is 0.0769. The summed E-state index contributed by atoms with van der Waals surface area (Å²) in [6.45, 7) is 0. The van der Waals surface area contributed by atoms with Gasteiger partial charge >= 0.3 is 0 Å². The lowest BCUT2D eigenvalue weighted by molar-refractivity contribution is 0.102. The third kappa shape index (κ3) is 3.16. The molecule has 0 atom stereocenters. The Morgan fingerprint density at radius 3 is 2.79 bits per heavy atom. The average molecular weight is 297 g/mol. The number of para-hydroxylation sites is 2. The van der Waals surface area contributed by atoms with E-state index in [9.17, 15) is 4.79 Å². The predicted molar refractivity (Wildman–Crippen MR) is 75.2 cm³/mol. The van der Waals surface area contributed by atoms with E-state index < -0.39 is 0 Å². The number of halogens is 2. The molecule has 0 spiro atoms. The molecule has 0 saturated heterocycles. The minimum atomic E-state index is -0.376. The molecule has 19 heavy (non-hydrogen) atoms. The summed E-state index contributed by atoms with van der Waals surface area (Å²) >= 11 is 11.7. The molecule has 0 fully saturated rings. The number of carbonyl (C=O) groups excluding carboxylic acids is 1.